The van der Waals surface area contributed by atoms with Gasteiger partial charge in [-0.1, -0.05) is 36.9 Å². The fourth-order valence-corrected chi connectivity index (χ4v) is 1.11. The number of amides is 1. The molecule has 0 aliphatic rings. The minimum absolute atomic E-state index is 0.272. The number of benzene rings is 1. The molecule has 0 heterocycles. The molecule has 0 unspecified atom stereocenters. The molecular formula is C11H13NO2S. The lowest BCUT2D eigenvalue weighted by molar-refractivity contribution is 0.143. The predicted molar refractivity (Wildman–Crippen MR) is 62.4 cm³/mol. The summed E-state index contributed by atoms with van der Waals surface area (Å²) in [6.45, 7) is 3.89. The summed E-state index contributed by atoms with van der Waals surface area (Å²) in [5, 5.41) is 3.08. The van der Waals surface area contributed by atoms with Crippen molar-refractivity contribution in [3.63, 3.8) is 0 Å². The molecular weight excluding hydrogens is 210 g/mol. The second-order valence-corrected chi connectivity index (χ2v) is 3.72. The van der Waals surface area contributed by atoms with E-state index in [9.17, 15) is 4.79 Å². The summed E-state index contributed by atoms with van der Waals surface area (Å²) in [4.78, 5) is 11.2. The normalized spacial score (nSPS) is 9.40. The minimum Gasteiger partial charge on any atom is -0.444 e. The smallest absolute Gasteiger partial charge is 0.412 e. The molecule has 0 fully saturated rings. The average molecular weight is 223 g/mol. The summed E-state index contributed by atoms with van der Waals surface area (Å²) < 4.78 is 4.98. The lowest BCUT2D eigenvalue weighted by Crippen LogP contribution is -2.21. The highest BCUT2D eigenvalue weighted by Gasteiger charge is 2.02. The van der Waals surface area contributed by atoms with E-state index in [0.29, 0.717) is 5.03 Å². The maximum Gasteiger partial charge on any atom is 0.412 e. The summed E-state index contributed by atoms with van der Waals surface area (Å²) >= 11 is 1.37. The summed E-state index contributed by atoms with van der Waals surface area (Å²) in [5.74, 6) is 0. The summed E-state index contributed by atoms with van der Waals surface area (Å²) in [5.41, 5.74) is 0.961. The van der Waals surface area contributed by atoms with Gasteiger partial charge in [0.2, 0.25) is 0 Å². The Balaban J connectivity index is 2.32. The van der Waals surface area contributed by atoms with Crippen LogP contribution < -0.4 is 5.32 Å². The summed E-state index contributed by atoms with van der Waals surface area (Å²) in [7, 11) is 0. The fraction of sp³-hybridized carbons (Fsp3) is 0.182. The molecule has 0 aliphatic heterocycles. The van der Waals surface area contributed by atoms with Crippen molar-refractivity contribution in [2.24, 2.45) is 0 Å². The molecule has 1 rings (SSSR count). The van der Waals surface area contributed by atoms with E-state index in [0.717, 1.165) is 5.56 Å². The van der Waals surface area contributed by atoms with Crippen LogP contribution in [0.2, 0.25) is 0 Å². The van der Waals surface area contributed by atoms with E-state index in [2.05, 4.69) is 11.9 Å². The second-order valence-electron chi connectivity index (χ2n) is 2.81. The number of hydrogen-bond donors (Lipinski definition) is 1. The van der Waals surface area contributed by atoms with E-state index in [-0.39, 0.29) is 6.61 Å². The van der Waals surface area contributed by atoms with Crippen molar-refractivity contribution in [1.29, 1.82) is 0 Å². The molecule has 0 spiro atoms. The molecule has 4 heteroatoms. The van der Waals surface area contributed by atoms with E-state index in [1.54, 1.807) is 0 Å². The second kappa shape index (κ2) is 6.14. The van der Waals surface area contributed by atoms with Gasteiger partial charge in [0.25, 0.3) is 0 Å². The van der Waals surface area contributed by atoms with Crippen LogP contribution in [0.3, 0.4) is 0 Å². The summed E-state index contributed by atoms with van der Waals surface area (Å²) in [6.07, 6.45) is 1.36. The number of nitrogens with one attached hydrogen (secondary N) is 1. The third-order valence-corrected chi connectivity index (χ3v) is 2.30. The SMILES string of the molecule is C=C(NC(=O)OCc1ccccc1)SC. The topological polar surface area (TPSA) is 38.3 Å². The minimum atomic E-state index is -0.474. The number of rotatable bonds is 4. The maximum absolute atomic E-state index is 11.2. The van der Waals surface area contributed by atoms with Gasteiger partial charge < -0.3 is 4.74 Å². The lowest BCUT2D eigenvalue weighted by Gasteiger charge is -2.06. The molecule has 0 aliphatic carbocycles. The van der Waals surface area contributed by atoms with E-state index in [4.69, 9.17) is 4.74 Å². The number of hydrogen-bond acceptors (Lipinski definition) is 3. The predicted octanol–water partition coefficient (Wildman–Crippen LogP) is 2.75. The van der Waals surface area contributed by atoms with Gasteiger partial charge in [-0.25, -0.2) is 4.79 Å². The zero-order valence-electron chi connectivity index (χ0n) is 8.53. The quantitative estimate of drug-likeness (QED) is 0.853. The van der Waals surface area contributed by atoms with E-state index >= 15 is 0 Å². The molecule has 0 atom stereocenters. The standard InChI is InChI=1S/C11H13NO2S/c1-9(15-2)12-11(13)14-8-10-6-4-3-5-7-10/h3-7H,1,8H2,2H3,(H,12,13). The van der Waals surface area contributed by atoms with Crippen LogP contribution in [-0.4, -0.2) is 12.3 Å². The Bertz CT molecular complexity index is 338. The summed E-state index contributed by atoms with van der Waals surface area (Å²) in [6, 6.07) is 9.52. The first-order valence-electron chi connectivity index (χ1n) is 4.43. The van der Waals surface area contributed by atoms with Crippen LogP contribution in [0.5, 0.6) is 0 Å². The van der Waals surface area contributed by atoms with Crippen molar-refractivity contribution in [1.82, 2.24) is 5.32 Å². The average Bonchev–Trinajstić information content (AvgIpc) is 2.27. The Kier molecular flexibility index (Phi) is 4.77. The van der Waals surface area contributed by atoms with Crippen molar-refractivity contribution in [2.75, 3.05) is 6.26 Å². The van der Waals surface area contributed by atoms with E-state index < -0.39 is 6.09 Å². The van der Waals surface area contributed by atoms with Gasteiger partial charge in [-0.2, -0.15) is 0 Å². The van der Waals surface area contributed by atoms with Crippen molar-refractivity contribution in [3.05, 3.63) is 47.5 Å². The third kappa shape index (κ3) is 4.56. The molecule has 3 nitrogen and oxygen atoms in total. The van der Waals surface area contributed by atoms with Gasteiger partial charge in [0.1, 0.15) is 6.61 Å². The molecule has 0 saturated heterocycles. The molecule has 15 heavy (non-hydrogen) atoms. The zero-order chi connectivity index (χ0) is 11.1. The number of carbonyl (C=O) groups is 1. The first-order valence-corrected chi connectivity index (χ1v) is 5.65. The van der Waals surface area contributed by atoms with Gasteiger partial charge in [0, 0.05) is 0 Å². The van der Waals surface area contributed by atoms with Crippen LogP contribution in [0, 0.1) is 0 Å². The van der Waals surface area contributed by atoms with Crippen LogP contribution in [0.15, 0.2) is 41.9 Å². The van der Waals surface area contributed by atoms with Crippen molar-refractivity contribution >= 4 is 17.9 Å². The van der Waals surface area contributed by atoms with Crippen LogP contribution in [0.25, 0.3) is 0 Å². The van der Waals surface area contributed by atoms with Crippen LogP contribution >= 0.6 is 11.8 Å². The van der Waals surface area contributed by atoms with Crippen LogP contribution in [-0.2, 0) is 11.3 Å². The molecule has 1 N–H and O–H groups in total. The van der Waals surface area contributed by atoms with Gasteiger partial charge in [-0.3, -0.25) is 5.32 Å². The van der Waals surface area contributed by atoms with Crippen molar-refractivity contribution in [2.45, 2.75) is 6.61 Å². The molecule has 1 aromatic rings. The van der Waals surface area contributed by atoms with Crippen LogP contribution in [0.1, 0.15) is 5.56 Å². The van der Waals surface area contributed by atoms with Gasteiger partial charge in [0.15, 0.2) is 0 Å². The number of ether oxygens (including phenoxy) is 1. The molecule has 80 valence electrons. The zero-order valence-corrected chi connectivity index (χ0v) is 9.34. The molecule has 1 aromatic carbocycles. The molecule has 0 radical (unpaired) electrons. The van der Waals surface area contributed by atoms with Crippen molar-refractivity contribution in [3.8, 4) is 0 Å². The fourth-order valence-electron chi connectivity index (χ4n) is 0.924. The number of alkyl carbamates (subject to hydrolysis) is 1. The highest BCUT2D eigenvalue weighted by Crippen LogP contribution is 2.05. The Morgan fingerprint density at radius 3 is 2.73 bits per heavy atom. The third-order valence-electron chi connectivity index (χ3n) is 1.70. The van der Waals surface area contributed by atoms with Gasteiger partial charge >= 0.3 is 6.09 Å². The van der Waals surface area contributed by atoms with Gasteiger partial charge in [-0.05, 0) is 11.8 Å². The van der Waals surface area contributed by atoms with Crippen molar-refractivity contribution < 1.29 is 9.53 Å². The Morgan fingerprint density at radius 1 is 1.47 bits per heavy atom. The van der Waals surface area contributed by atoms with Gasteiger partial charge in [-0.15, -0.1) is 11.8 Å². The largest absolute Gasteiger partial charge is 0.444 e. The van der Waals surface area contributed by atoms with Gasteiger partial charge in [0.05, 0.1) is 5.03 Å². The number of thioether (sulfide) groups is 1. The Morgan fingerprint density at radius 2 is 2.13 bits per heavy atom. The Hall–Kier alpha value is -1.42. The van der Waals surface area contributed by atoms with E-state index in [1.165, 1.54) is 11.8 Å². The maximum atomic E-state index is 11.2. The first-order chi connectivity index (χ1) is 7.22. The van der Waals surface area contributed by atoms with E-state index in [1.807, 2.05) is 36.6 Å². The highest BCUT2D eigenvalue weighted by molar-refractivity contribution is 8.02. The lowest BCUT2D eigenvalue weighted by atomic mass is 10.2. The molecule has 0 bridgehead atoms. The monoisotopic (exact) mass is 223 g/mol. The molecule has 0 aromatic heterocycles. The Labute approximate surface area is 93.5 Å². The van der Waals surface area contributed by atoms with Crippen LogP contribution in [0.4, 0.5) is 4.79 Å². The first kappa shape index (κ1) is 11.7. The molecule has 0 saturated carbocycles. The molecule has 1 amide bonds. The highest BCUT2D eigenvalue weighted by atomic mass is 32.2. The number of carbonyl (C=O) groups excluding carboxylic acids is 1.